The molecule has 0 bridgehead atoms. The average Bonchev–Trinajstić information content (AvgIpc) is 2.85. The standard InChI is InChI=1S/C26H34N4O4/c1-5-29(6-2)25(33)19-9-13-21(14-10-19)27-23(31)17-18-24(32)28-22-15-11-20(12-16-22)26(34)30(7-3)8-4/h9-16H,5-8,17-18H2,1-4H3,(H,27,31)(H,28,32). The summed E-state index contributed by atoms with van der Waals surface area (Å²) in [6, 6.07) is 13.4. The molecule has 0 radical (unpaired) electrons. The minimum atomic E-state index is -0.293. The van der Waals surface area contributed by atoms with Crippen molar-refractivity contribution < 1.29 is 19.2 Å². The average molecular weight is 467 g/mol. The Morgan fingerprint density at radius 1 is 0.559 bits per heavy atom. The van der Waals surface area contributed by atoms with E-state index in [4.69, 9.17) is 0 Å². The van der Waals surface area contributed by atoms with Gasteiger partial charge in [-0.2, -0.15) is 0 Å². The summed E-state index contributed by atoms with van der Waals surface area (Å²) in [7, 11) is 0. The van der Waals surface area contributed by atoms with Crippen LogP contribution in [0.1, 0.15) is 61.3 Å². The summed E-state index contributed by atoms with van der Waals surface area (Å²) in [5.74, 6) is -0.689. The smallest absolute Gasteiger partial charge is 0.253 e. The van der Waals surface area contributed by atoms with Crippen LogP contribution in [0.15, 0.2) is 48.5 Å². The van der Waals surface area contributed by atoms with Crippen LogP contribution in [0.3, 0.4) is 0 Å². The molecule has 8 heteroatoms. The number of benzene rings is 2. The van der Waals surface area contributed by atoms with Crippen LogP contribution in [0.25, 0.3) is 0 Å². The first-order valence-corrected chi connectivity index (χ1v) is 11.7. The Bertz CT molecular complexity index is 897. The van der Waals surface area contributed by atoms with Gasteiger partial charge >= 0.3 is 0 Å². The number of amides is 4. The molecule has 182 valence electrons. The molecule has 4 amide bonds. The molecule has 0 fully saturated rings. The molecule has 0 spiro atoms. The molecule has 0 saturated heterocycles. The number of hydrogen-bond acceptors (Lipinski definition) is 4. The zero-order valence-electron chi connectivity index (χ0n) is 20.4. The maximum Gasteiger partial charge on any atom is 0.253 e. The van der Waals surface area contributed by atoms with Crippen molar-refractivity contribution in [3.8, 4) is 0 Å². The molecular formula is C26H34N4O4. The number of hydrogen-bond donors (Lipinski definition) is 2. The van der Waals surface area contributed by atoms with Crippen molar-refractivity contribution in [3.63, 3.8) is 0 Å². The van der Waals surface area contributed by atoms with Crippen molar-refractivity contribution in [1.29, 1.82) is 0 Å². The van der Waals surface area contributed by atoms with Crippen LogP contribution in [0.2, 0.25) is 0 Å². The molecule has 0 aromatic heterocycles. The molecule has 0 unspecified atom stereocenters. The molecular weight excluding hydrogens is 432 g/mol. The van der Waals surface area contributed by atoms with Gasteiger partial charge in [-0.3, -0.25) is 19.2 Å². The lowest BCUT2D eigenvalue weighted by Crippen LogP contribution is -2.30. The summed E-state index contributed by atoms with van der Waals surface area (Å²) in [4.78, 5) is 52.6. The minimum Gasteiger partial charge on any atom is -0.339 e. The van der Waals surface area contributed by atoms with Crippen LogP contribution >= 0.6 is 0 Å². The van der Waals surface area contributed by atoms with E-state index in [1.165, 1.54) is 0 Å². The lowest BCUT2D eigenvalue weighted by atomic mass is 10.1. The van der Waals surface area contributed by atoms with Crippen molar-refractivity contribution >= 4 is 35.0 Å². The van der Waals surface area contributed by atoms with E-state index in [9.17, 15) is 19.2 Å². The molecule has 2 aromatic carbocycles. The second kappa shape index (κ2) is 13.1. The fraction of sp³-hybridized carbons (Fsp3) is 0.385. The summed E-state index contributed by atoms with van der Waals surface area (Å²) < 4.78 is 0. The largest absolute Gasteiger partial charge is 0.339 e. The van der Waals surface area contributed by atoms with Crippen molar-refractivity contribution in [3.05, 3.63) is 59.7 Å². The van der Waals surface area contributed by atoms with Gasteiger partial charge in [-0.05, 0) is 76.2 Å². The normalized spacial score (nSPS) is 10.4. The Labute approximate surface area is 201 Å². The van der Waals surface area contributed by atoms with Crippen LogP contribution in [-0.2, 0) is 9.59 Å². The Kier molecular flexibility index (Phi) is 10.3. The molecule has 0 atom stereocenters. The maximum absolute atomic E-state index is 12.4. The van der Waals surface area contributed by atoms with Gasteiger partial charge in [0.2, 0.25) is 11.8 Å². The number of nitrogens with one attached hydrogen (secondary N) is 2. The third-order valence-electron chi connectivity index (χ3n) is 5.51. The molecule has 0 aliphatic heterocycles. The Hall–Kier alpha value is -3.68. The summed E-state index contributed by atoms with van der Waals surface area (Å²) in [5.41, 5.74) is 2.25. The van der Waals surface area contributed by atoms with Crippen LogP contribution in [0.5, 0.6) is 0 Å². The van der Waals surface area contributed by atoms with Gasteiger partial charge in [0.1, 0.15) is 0 Å². The van der Waals surface area contributed by atoms with Crippen molar-refractivity contribution in [2.75, 3.05) is 36.8 Å². The maximum atomic E-state index is 12.4. The molecule has 2 aromatic rings. The number of anilines is 2. The third-order valence-corrected chi connectivity index (χ3v) is 5.51. The second-order valence-electron chi connectivity index (χ2n) is 7.71. The predicted molar refractivity (Wildman–Crippen MR) is 134 cm³/mol. The highest BCUT2D eigenvalue weighted by atomic mass is 16.2. The molecule has 8 nitrogen and oxygen atoms in total. The highest BCUT2D eigenvalue weighted by molar-refractivity contribution is 5.98. The van der Waals surface area contributed by atoms with Gasteiger partial charge in [-0.15, -0.1) is 0 Å². The fourth-order valence-electron chi connectivity index (χ4n) is 3.45. The molecule has 0 heterocycles. The van der Waals surface area contributed by atoms with Gasteiger partial charge in [0, 0.05) is 61.5 Å². The van der Waals surface area contributed by atoms with Gasteiger partial charge < -0.3 is 20.4 Å². The number of carbonyl (C=O) groups excluding carboxylic acids is 4. The Morgan fingerprint density at radius 2 is 0.853 bits per heavy atom. The zero-order chi connectivity index (χ0) is 25.1. The SMILES string of the molecule is CCN(CC)C(=O)c1ccc(NC(=O)CCC(=O)Nc2ccc(C(=O)N(CC)CC)cc2)cc1. The highest BCUT2D eigenvalue weighted by Gasteiger charge is 2.14. The van der Waals surface area contributed by atoms with Gasteiger partial charge in [0.25, 0.3) is 11.8 Å². The van der Waals surface area contributed by atoms with Crippen molar-refractivity contribution in [2.24, 2.45) is 0 Å². The minimum absolute atomic E-state index is 0.0183. The van der Waals surface area contributed by atoms with Gasteiger partial charge in [-0.25, -0.2) is 0 Å². The Morgan fingerprint density at radius 3 is 1.12 bits per heavy atom. The number of carbonyl (C=O) groups is 4. The van der Waals surface area contributed by atoms with E-state index in [2.05, 4.69) is 10.6 Å². The second-order valence-corrected chi connectivity index (χ2v) is 7.71. The van der Waals surface area contributed by atoms with Crippen LogP contribution < -0.4 is 10.6 Å². The predicted octanol–water partition coefficient (Wildman–Crippen LogP) is 4.01. The monoisotopic (exact) mass is 466 g/mol. The van der Waals surface area contributed by atoms with E-state index in [0.717, 1.165) is 0 Å². The summed E-state index contributed by atoms with van der Waals surface area (Å²) in [6.07, 6.45) is 0.0367. The lowest BCUT2D eigenvalue weighted by Gasteiger charge is -2.18. The van der Waals surface area contributed by atoms with E-state index in [-0.39, 0.29) is 36.5 Å². The number of nitrogens with zero attached hydrogens (tertiary/aromatic N) is 2. The van der Waals surface area contributed by atoms with Crippen molar-refractivity contribution in [2.45, 2.75) is 40.5 Å². The number of rotatable bonds is 11. The van der Waals surface area contributed by atoms with E-state index in [0.29, 0.717) is 48.7 Å². The molecule has 2 N–H and O–H groups in total. The molecule has 0 aliphatic rings. The summed E-state index contributed by atoms with van der Waals surface area (Å²) >= 11 is 0. The summed E-state index contributed by atoms with van der Waals surface area (Å²) in [6.45, 7) is 10.2. The molecule has 0 saturated carbocycles. The van der Waals surface area contributed by atoms with Crippen LogP contribution in [-0.4, -0.2) is 59.6 Å². The fourth-order valence-corrected chi connectivity index (χ4v) is 3.45. The topological polar surface area (TPSA) is 98.8 Å². The highest BCUT2D eigenvalue weighted by Crippen LogP contribution is 2.14. The quantitative estimate of drug-likeness (QED) is 0.523. The first-order valence-electron chi connectivity index (χ1n) is 11.7. The van der Waals surface area contributed by atoms with Crippen molar-refractivity contribution in [1.82, 2.24) is 9.80 Å². The van der Waals surface area contributed by atoms with Gasteiger partial charge in [0.15, 0.2) is 0 Å². The van der Waals surface area contributed by atoms with E-state index >= 15 is 0 Å². The first kappa shape index (κ1) is 26.6. The van der Waals surface area contributed by atoms with E-state index < -0.39 is 0 Å². The Balaban J connectivity index is 1.82. The molecule has 0 aliphatic carbocycles. The van der Waals surface area contributed by atoms with Crippen LogP contribution in [0, 0.1) is 0 Å². The first-order chi connectivity index (χ1) is 16.3. The van der Waals surface area contributed by atoms with Gasteiger partial charge in [0.05, 0.1) is 0 Å². The lowest BCUT2D eigenvalue weighted by molar-refractivity contribution is -0.121. The van der Waals surface area contributed by atoms with Gasteiger partial charge in [-0.1, -0.05) is 0 Å². The molecule has 2 rings (SSSR count). The van der Waals surface area contributed by atoms with E-state index in [1.807, 2.05) is 27.7 Å². The van der Waals surface area contributed by atoms with E-state index in [1.54, 1.807) is 58.3 Å². The summed E-state index contributed by atoms with van der Waals surface area (Å²) in [5, 5.41) is 5.48. The molecule has 34 heavy (non-hydrogen) atoms. The van der Waals surface area contributed by atoms with Crippen LogP contribution in [0.4, 0.5) is 11.4 Å². The third kappa shape index (κ3) is 7.43. The zero-order valence-corrected chi connectivity index (χ0v) is 20.4.